The molecular weight excluding hydrogens is 278 g/mol. The summed E-state index contributed by atoms with van der Waals surface area (Å²) in [6, 6.07) is 15.3. The first-order valence-electron chi connectivity index (χ1n) is 7.05. The van der Waals surface area contributed by atoms with Gasteiger partial charge in [0.1, 0.15) is 0 Å². The van der Waals surface area contributed by atoms with Gasteiger partial charge >= 0.3 is 0 Å². The van der Waals surface area contributed by atoms with Crippen molar-refractivity contribution in [1.82, 2.24) is 0 Å². The van der Waals surface area contributed by atoms with Crippen LogP contribution in [0.3, 0.4) is 0 Å². The highest BCUT2D eigenvalue weighted by molar-refractivity contribution is 7.79. The smallest absolute Gasteiger partial charge is 0.255 e. The fraction of sp³-hybridized carbons (Fsp3) is 0.278. The number of hydrogen-bond donors (Lipinski definition) is 2. The Labute approximate surface area is 134 Å². The van der Waals surface area contributed by atoms with Crippen LogP contribution in [0.15, 0.2) is 48.5 Å². The lowest BCUT2D eigenvalue weighted by Crippen LogP contribution is -2.13. The number of benzene rings is 2. The molecule has 2 rings (SSSR count). The number of anilines is 1. The lowest BCUT2D eigenvalue weighted by molar-refractivity contribution is 0.102. The Kier molecular flexibility index (Phi) is 10.1. The molecule has 0 unspecified atom stereocenters. The van der Waals surface area contributed by atoms with E-state index in [0.717, 1.165) is 11.3 Å². The molecule has 1 amide bonds. The minimum atomic E-state index is -0.0630. The van der Waals surface area contributed by atoms with Crippen molar-refractivity contribution in [2.75, 3.05) is 11.6 Å². The zero-order valence-electron chi connectivity index (χ0n) is 13.5. The van der Waals surface area contributed by atoms with Gasteiger partial charge in [-0.25, -0.2) is 0 Å². The monoisotopic (exact) mass is 303 g/mol. The van der Waals surface area contributed by atoms with E-state index in [4.69, 9.17) is 0 Å². The van der Waals surface area contributed by atoms with E-state index < -0.39 is 0 Å². The van der Waals surface area contributed by atoms with Gasteiger partial charge in [-0.2, -0.15) is 12.6 Å². The van der Waals surface area contributed by atoms with Gasteiger partial charge in [0.2, 0.25) is 0 Å². The SMILES string of the molecule is CC.CS.Cc1ccc(NC(=O)c2ccccc2C)cc1. The van der Waals surface area contributed by atoms with Gasteiger partial charge in [0.15, 0.2) is 0 Å². The summed E-state index contributed by atoms with van der Waals surface area (Å²) in [4.78, 5) is 12.0. The van der Waals surface area contributed by atoms with Gasteiger partial charge in [-0.3, -0.25) is 4.79 Å². The third-order valence-corrected chi connectivity index (χ3v) is 2.70. The fourth-order valence-corrected chi connectivity index (χ4v) is 1.66. The zero-order chi connectivity index (χ0) is 16.3. The van der Waals surface area contributed by atoms with E-state index in [-0.39, 0.29) is 5.91 Å². The highest BCUT2D eigenvalue weighted by Gasteiger charge is 2.07. The van der Waals surface area contributed by atoms with Crippen molar-refractivity contribution in [3.63, 3.8) is 0 Å². The molecule has 0 aliphatic heterocycles. The number of rotatable bonds is 2. The van der Waals surface area contributed by atoms with E-state index in [2.05, 4.69) is 17.9 Å². The number of thiol groups is 1. The largest absolute Gasteiger partial charge is 0.322 e. The van der Waals surface area contributed by atoms with Gasteiger partial charge in [0.05, 0.1) is 0 Å². The molecular formula is C18H25NOS. The molecule has 0 saturated carbocycles. The van der Waals surface area contributed by atoms with Crippen LogP contribution >= 0.6 is 12.6 Å². The molecule has 0 radical (unpaired) electrons. The molecule has 0 spiro atoms. The first-order chi connectivity index (χ1) is 10.2. The summed E-state index contributed by atoms with van der Waals surface area (Å²) in [5, 5.41) is 2.89. The van der Waals surface area contributed by atoms with Crippen LogP contribution in [-0.4, -0.2) is 12.2 Å². The number of carbonyl (C=O) groups is 1. The van der Waals surface area contributed by atoms with E-state index in [1.54, 1.807) is 6.26 Å². The number of amides is 1. The van der Waals surface area contributed by atoms with Crippen LogP contribution in [0.1, 0.15) is 35.3 Å². The molecule has 1 N–H and O–H groups in total. The van der Waals surface area contributed by atoms with Gasteiger partial charge in [-0.1, -0.05) is 49.7 Å². The normalized spacial score (nSPS) is 8.67. The van der Waals surface area contributed by atoms with E-state index in [1.807, 2.05) is 76.2 Å². The van der Waals surface area contributed by atoms with E-state index >= 15 is 0 Å². The maximum Gasteiger partial charge on any atom is 0.255 e. The van der Waals surface area contributed by atoms with Gasteiger partial charge in [-0.05, 0) is 43.9 Å². The number of aryl methyl sites for hydroxylation is 2. The summed E-state index contributed by atoms with van der Waals surface area (Å²) >= 11 is 3.53. The highest BCUT2D eigenvalue weighted by atomic mass is 32.1. The second kappa shape index (κ2) is 11.0. The maximum absolute atomic E-state index is 12.0. The molecule has 21 heavy (non-hydrogen) atoms. The minimum Gasteiger partial charge on any atom is -0.322 e. The molecule has 114 valence electrons. The lowest BCUT2D eigenvalue weighted by atomic mass is 10.1. The van der Waals surface area contributed by atoms with Crippen LogP contribution < -0.4 is 5.32 Å². The van der Waals surface area contributed by atoms with Gasteiger partial charge < -0.3 is 5.32 Å². The first-order valence-corrected chi connectivity index (χ1v) is 7.94. The Balaban J connectivity index is 0.000000921. The highest BCUT2D eigenvalue weighted by Crippen LogP contribution is 2.12. The average molecular weight is 303 g/mol. The molecule has 2 aromatic rings. The van der Waals surface area contributed by atoms with Crippen molar-refractivity contribution in [2.45, 2.75) is 27.7 Å². The van der Waals surface area contributed by atoms with Crippen molar-refractivity contribution in [3.05, 3.63) is 65.2 Å². The third kappa shape index (κ3) is 6.50. The van der Waals surface area contributed by atoms with Gasteiger partial charge in [0, 0.05) is 11.3 Å². The molecule has 0 aliphatic rings. The summed E-state index contributed by atoms with van der Waals surface area (Å²) < 4.78 is 0. The average Bonchev–Trinajstić information content (AvgIpc) is 2.54. The van der Waals surface area contributed by atoms with Crippen LogP contribution in [0.2, 0.25) is 0 Å². The van der Waals surface area contributed by atoms with Gasteiger partial charge in [0.25, 0.3) is 5.91 Å². The van der Waals surface area contributed by atoms with Crippen molar-refractivity contribution < 1.29 is 4.79 Å². The molecule has 0 aliphatic carbocycles. The van der Waals surface area contributed by atoms with Crippen molar-refractivity contribution >= 4 is 24.2 Å². The molecule has 0 saturated heterocycles. The Morgan fingerprint density at radius 1 is 0.905 bits per heavy atom. The van der Waals surface area contributed by atoms with Crippen LogP contribution in [0.4, 0.5) is 5.69 Å². The summed E-state index contributed by atoms with van der Waals surface area (Å²) in [7, 11) is 0. The third-order valence-electron chi connectivity index (χ3n) is 2.70. The number of hydrogen-bond acceptors (Lipinski definition) is 2. The van der Waals surface area contributed by atoms with E-state index in [0.29, 0.717) is 5.56 Å². The maximum atomic E-state index is 12.0. The predicted octanol–water partition coefficient (Wildman–Crippen LogP) is 5.13. The number of nitrogens with one attached hydrogen (secondary N) is 1. The van der Waals surface area contributed by atoms with Crippen LogP contribution in [-0.2, 0) is 0 Å². The topological polar surface area (TPSA) is 29.1 Å². The van der Waals surface area contributed by atoms with Crippen LogP contribution in [0, 0.1) is 13.8 Å². The molecule has 2 aromatic carbocycles. The van der Waals surface area contributed by atoms with Crippen LogP contribution in [0.5, 0.6) is 0 Å². The first kappa shape index (κ1) is 19.3. The quantitative estimate of drug-likeness (QED) is 0.740. The summed E-state index contributed by atoms with van der Waals surface area (Å²) in [5.74, 6) is -0.0630. The summed E-state index contributed by atoms with van der Waals surface area (Å²) in [5.41, 5.74) is 3.70. The molecule has 0 heterocycles. The Morgan fingerprint density at radius 2 is 1.43 bits per heavy atom. The Hall–Kier alpha value is -1.74. The molecule has 2 nitrogen and oxygen atoms in total. The van der Waals surface area contributed by atoms with E-state index in [9.17, 15) is 4.79 Å². The predicted molar refractivity (Wildman–Crippen MR) is 96.6 cm³/mol. The zero-order valence-corrected chi connectivity index (χ0v) is 14.4. The van der Waals surface area contributed by atoms with E-state index in [1.165, 1.54) is 5.56 Å². The second-order valence-electron chi connectivity index (χ2n) is 4.14. The van der Waals surface area contributed by atoms with Crippen molar-refractivity contribution in [1.29, 1.82) is 0 Å². The van der Waals surface area contributed by atoms with Crippen molar-refractivity contribution in [2.24, 2.45) is 0 Å². The lowest BCUT2D eigenvalue weighted by Gasteiger charge is -2.07. The standard InChI is InChI=1S/C15H15NO.C2H6.CH4S/c1-11-7-9-13(10-8-11)16-15(17)14-6-4-3-5-12(14)2;2*1-2/h3-10H,1-2H3,(H,16,17);1-2H3;2H,1H3. The molecule has 0 aromatic heterocycles. The van der Waals surface area contributed by atoms with Crippen LogP contribution in [0.25, 0.3) is 0 Å². The Morgan fingerprint density at radius 3 is 1.95 bits per heavy atom. The molecule has 3 heteroatoms. The minimum absolute atomic E-state index is 0.0630. The van der Waals surface area contributed by atoms with Gasteiger partial charge in [-0.15, -0.1) is 0 Å². The number of carbonyl (C=O) groups excluding carboxylic acids is 1. The molecule has 0 bridgehead atoms. The summed E-state index contributed by atoms with van der Waals surface area (Å²) in [6.07, 6.45) is 1.69. The summed E-state index contributed by atoms with van der Waals surface area (Å²) in [6.45, 7) is 7.96. The molecule has 0 fully saturated rings. The second-order valence-corrected chi connectivity index (χ2v) is 4.14. The van der Waals surface area contributed by atoms with Crippen molar-refractivity contribution in [3.8, 4) is 0 Å². The Bertz CT molecular complexity index is 535. The molecule has 0 atom stereocenters. The fourth-order valence-electron chi connectivity index (χ4n) is 1.66.